The van der Waals surface area contributed by atoms with Gasteiger partial charge in [-0.1, -0.05) is 30.8 Å². The maximum atomic E-state index is 13.0. The van der Waals surface area contributed by atoms with Crippen LogP contribution in [0, 0.1) is 13.8 Å². The number of aromatic nitrogens is 5. The second-order valence-electron chi connectivity index (χ2n) is 8.05. The van der Waals surface area contributed by atoms with E-state index in [2.05, 4.69) is 28.6 Å². The molecule has 4 aromatic rings. The van der Waals surface area contributed by atoms with Gasteiger partial charge in [0.25, 0.3) is 5.56 Å². The normalized spacial score (nSPS) is 11.8. The molecule has 7 nitrogen and oxygen atoms in total. The van der Waals surface area contributed by atoms with E-state index in [1.165, 1.54) is 11.8 Å². The molecule has 0 N–H and O–H groups in total. The van der Waals surface area contributed by atoms with Gasteiger partial charge in [-0.05, 0) is 52.3 Å². The van der Waals surface area contributed by atoms with E-state index in [0.717, 1.165) is 28.9 Å². The fraction of sp³-hybridized carbons (Fsp3) is 0.391. The second kappa shape index (κ2) is 8.34. The zero-order valence-electron chi connectivity index (χ0n) is 18.5. The van der Waals surface area contributed by atoms with Crippen molar-refractivity contribution in [2.75, 3.05) is 5.75 Å². The van der Waals surface area contributed by atoms with Gasteiger partial charge in [-0.15, -0.1) is 10.2 Å². The zero-order valence-corrected chi connectivity index (χ0v) is 19.4. The number of para-hydroxylation sites is 1. The van der Waals surface area contributed by atoms with Gasteiger partial charge in [-0.3, -0.25) is 18.6 Å². The number of thioether (sulfide) groups is 1. The molecular formula is C23H27N5O2S. The first-order valence-corrected chi connectivity index (χ1v) is 11.5. The number of nitrogens with zero attached hydrogens (tertiary/aromatic N) is 5. The summed E-state index contributed by atoms with van der Waals surface area (Å²) in [6.45, 7) is 10.8. The number of hydrogen-bond acceptors (Lipinski definition) is 5. The third-order valence-electron chi connectivity index (χ3n) is 5.56. The molecule has 0 atom stereocenters. The molecule has 31 heavy (non-hydrogen) atoms. The molecule has 0 aliphatic heterocycles. The predicted molar refractivity (Wildman–Crippen MR) is 124 cm³/mol. The van der Waals surface area contributed by atoms with Gasteiger partial charge in [0.1, 0.15) is 0 Å². The highest BCUT2D eigenvalue weighted by Gasteiger charge is 2.20. The summed E-state index contributed by atoms with van der Waals surface area (Å²) in [5.41, 5.74) is 3.52. The Morgan fingerprint density at radius 2 is 1.90 bits per heavy atom. The standard InChI is InChI=1S/C23H27N5O2S/c1-6-11-26-21(30)17-9-7-8-10-19(17)28-22(26)24-25-23(28)31-13-20(29)18-12-15(4)27(14(2)3)16(18)5/h7-10,12,14H,6,11,13H2,1-5H3. The number of ketones is 1. The molecule has 0 amide bonds. The molecule has 0 saturated carbocycles. The van der Waals surface area contributed by atoms with Crippen LogP contribution in [0.1, 0.15) is 55.0 Å². The highest BCUT2D eigenvalue weighted by molar-refractivity contribution is 7.99. The van der Waals surface area contributed by atoms with Crippen molar-refractivity contribution in [3.63, 3.8) is 0 Å². The smallest absolute Gasteiger partial charge is 0.262 e. The van der Waals surface area contributed by atoms with Gasteiger partial charge < -0.3 is 4.57 Å². The van der Waals surface area contributed by atoms with Crippen molar-refractivity contribution in [2.24, 2.45) is 0 Å². The first-order chi connectivity index (χ1) is 14.8. The molecule has 0 bridgehead atoms. The van der Waals surface area contributed by atoms with Crippen LogP contribution in [0.5, 0.6) is 0 Å². The van der Waals surface area contributed by atoms with Crippen molar-refractivity contribution in [2.45, 2.75) is 58.8 Å². The number of carbonyl (C=O) groups excluding carboxylic acids is 1. The predicted octanol–water partition coefficient (Wildman–Crippen LogP) is 4.43. The highest BCUT2D eigenvalue weighted by atomic mass is 32.2. The van der Waals surface area contributed by atoms with Crippen LogP contribution in [-0.2, 0) is 6.54 Å². The van der Waals surface area contributed by atoms with Crippen molar-refractivity contribution in [3.05, 3.63) is 57.6 Å². The van der Waals surface area contributed by atoms with Crippen molar-refractivity contribution in [3.8, 4) is 0 Å². The van der Waals surface area contributed by atoms with E-state index in [-0.39, 0.29) is 17.1 Å². The molecule has 162 valence electrons. The van der Waals surface area contributed by atoms with Crippen LogP contribution in [0.2, 0.25) is 0 Å². The molecule has 0 unspecified atom stereocenters. The Labute approximate surface area is 185 Å². The van der Waals surface area contributed by atoms with Crippen molar-refractivity contribution < 1.29 is 4.79 Å². The van der Waals surface area contributed by atoms with E-state index >= 15 is 0 Å². The molecule has 0 radical (unpaired) electrons. The van der Waals surface area contributed by atoms with Crippen molar-refractivity contribution >= 4 is 34.2 Å². The summed E-state index contributed by atoms with van der Waals surface area (Å²) in [7, 11) is 0. The van der Waals surface area contributed by atoms with E-state index in [4.69, 9.17) is 0 Å². The van der Waals surface area contributed by atoms with E-state index in [0.29, 0.717) is 28.9 Å². The van der Waals surface area contributed by atoms with Crippen molar-refractivity contribution in [1.29, 1.82) is 0 Å². The summed E-state index contributed by atoms with van der Waals surface area (Å²) < 4.78 is 5.74. The van der Waals surface area contributed by atoms with Gasteiger partial charge in [0.2, 0.25) is 5.78 Å². The Kier molecular flexibility index (Phi) is 5.75. The van der Waals surface area contributed by atoms with Crippen LogP contribution in [0.15, 0.2) is 40.3 Å². The number of carbonyl (C=O) groups is 1. The molecule has 0 fully saturated rings. The molecule has 0 spiro atoms. The summed E-state index contributed by atoms with van der Waals surface area (Å²) in [4.78, 5) is 26.0. The fourth-order valence-corrected chi connectivity index (χ4v) is 5.14. The number of fused-ring (bicyclic) bond motifs is 3. The minimum Gasteiger partial charge on any atom is -0.346 e. The Bertz CT molecular complexity index is 1350. The van der Waals surface area contributed by atoms with Gasteiger partial charge in [-0.2, -0.15) is 0 Å². The summed E-state index contributed by atoms with van der Waals surface area (Å²) >= 11 is 1.35. The molecule has 1 aromatic carbocycles. The number of rotatable bonds is 7. The molecule has 0 aliphatic carbocycles. The van der Waals surface area contributed by atoms with Crippen LogP contribution < -0.4 is 5.56 Å². The highest BCUT2D eigenvalue weighted by Crippen LogP contribution is 2.25. The topological polar surface area (TPSA) is 74.2 Å². The SMILES string of the molecule is CCCn1c(=O)c2ccccc2n2c(SCC(=O)c3cc(C)n(C(C)C)c3C)nnc12. The molecule has 0 aliphatic rings. The Morgan fingerprint density at radius 3 is 2.58 bits per heavy atom. The lowest BCUT2D eigenvalue weighted by Gasteiger charge is -2.13. The average molecular weight is 438 g/mol. The third kappa shape index (κ3) is 3.59. The third-order valence-corrected chi connectivity index (χ3v) is 6.49. The maximum absolute atomic E-state index is 13.0. The van der Waals surface area contributed by atoms with E-state index in [9.17, 15) is 9.59 Å². The monoisotopic (exact) mass is 437 g/mol. The largest absolute Gasteiger partial charge is 0.346 e. The van der Waals surface area contributed by atoms with E-state index in [1.807, 2.05) is 55.5 Å². The minimum absolute atomic E-state index is 0.0629. The number of hydrogen-bond donors (Lipinski definition) is 0. The molecular weight excluding hydrogens is 410 g/mol. The molecule has 3 heterocycles. The number of aryl methyl sites for hydroxylation is 2. The number of Topliss-reactive ketones (excluding diaryl/α,β-unsaturated/α-hetero) is 1. The Hall–Kier alpha value is -2.87. The lowest BCUT2D eigenvalue weighted by atomic mass is 10.2. The summed E-state index contributed by atoms with van der Waals surface area (Å²) in [6.07, 6.45) is 0.813. The number of benzene rings is 1. The van der Waals surface area contributed by atoms with E-state index in [1.54, 1.807) is 4.57 Å². The minimum atomic E-state index is -0.0638. The quantitative estimate of drug-likeness (QED) is 0.316. The average Bonchev–Trinajstić information content (AvgIpc) is 3.30. The zero-order chi connectivity index (χ0) is 22.3. The van der Waals surface area contributed by atoms with Crippen LogP contribution >= 0.6 is 11.8 Å². The maximum Gasteiger partial charge on any atom is 0.262 e. The molecule has 0 saturated heterocycles. The van der Waals surface area contributed by atoms with Gasteiger partial charge in [0, 0.05) is 29.5 Å². The summed E-state index contributed by atoms with van der Waals surface area (Å²) in [6, 6.07) is 9.74. The van der Waals surface area contributed by atoms with Gasteiger partial charge >= 0.3 is 0 Å². The fourth-order valence-electron chi connectivity index (χ4n) is 4.31. The Balaban J connectivity index is 1.73. The van der Waals surface area contributed by atoms with E-state index < -0.39 is 0 Å². The molecule has 4 rings (SSSR count). The van der Waals surface area contributed by atoms with Crippen LogP contribution in [0.3, 0.4) is 0 Å². The first-order valence-electron chi connectivity index (χ1n) is 10.6. The molecule has 8 heteroatoms. The first kappa shape index (κ1) is 21.4. The van der Waals surface area contributed by atoms with Crippen LogP contribution in [0.4, 0.5) is 0 Å². The lowest BCUT2D eigenvalue weighted by Crippen LogP contribution is -2.23. The van der Waals surface area contributed by atoms with Crippen LogP contribution in [-0.4, -0.2) is 35.3 Å². The summed E-state index contributed by atoms with van der Waals surface area (Å²) in [5.74, 6) is 0.830. The van der Waals surface area contributed by atoms with Crippen LogP contribution in [0.25, 0.3) is 16.7 Å². The second-order valence-corrected chi connectivity index (χ2v) is 8.99. The van der Waals surface area contributed by atoms with Crippen molar-refractivity contribution in [1.82, 2.24) is 23.7 Å². The lowest BCUT2D eigenvalue weighted by molar-refractivity contribution is 0.102. The van der Waals surface area contributed by atoms with Gasteiger partial charge in [-0.25, -0.2) is 0 Å². The Morgan fingerprint density at radius 1 is 1.16 bits per heavy atom. The van der Waals surface area contributed by atoms with Gasteiger partial charge in [0.15, 0.2) is 10.9 Å². The molecule has 3 aromatic heterocycles. The van der Waals surface area contributed by atoms with Gasteiger partial charge in [0.05, 0.1) is 16.7 Å². The summed E-state index contributed by atoms with van der Waals surface area (Å²) in [5, 5.41) is 9.86.